The minimum absolute atomic E-state index is 0.0534. The molecule has 0 atom stereocenters. The van der Waals surface area contributed by atoms with Gasteiger partial charge in [-0.3, -0.25) is 0 Å². The molecule has 8 nitrogen and oxygen atoms in total. The van der Waals surface area contributed by atoms with Gasteiger partial charge >= 0.3 is 0 Å². The largest absolute Gasteiger partial charge is 0.452 e. The van der Waals surface area contributed by atoms with Crippen LogP contribution in [0.15, 0.2) is 26.4 Å². The first-order chi connectivity index (χ1) is 9.44. The number of nitrogens with one attached hydrogen (secondary N) is 2. The van der Waals surface area contributed by atoms with E-state index in [0.717, 1.165) is 0 Å². The van der Waals surface area contributed by atoms with E-state index in [4.69, 9.17) is 4.42 Å². The van der Waals surface area contributed by atoms with Crippen LogP contribution >= 0.6 is 15.9 Å². The van der Waals surface area contributed by atoms with E-state index in [1.165, 1.54) is 12.4 Å². The van der Waals surface area contributed by atoms with Gasteiger partial charge in [-0.1, -0.05) is 0 Å². The molecule has 2 heterocycles. The van der Waals surface area contributed by atoms with Crippen LogP contribution in [0.25, 0.3) is 0 Å². The lowest BCUT2D eigenvalue weighted by molar-refractivity contribution is 0.470. The van der Waals surface area contributed by atoms with Gasteiger partial charge in [-0.2, -0.15) is 0 Å². The molecule has 2 aromatic heterocycles. The Morgan fingerprint density at radius 1 is 1.45 bits per heavy atom. The number of rotatable bonds is 6. The molecule has 20 heavy (non-hydrogen) atoms. The second kappa shape index (κ2) is 6.04. The van der Waals surface area contributed by atoms with Crippen LogP contribution in [-0.4, -0.2) is 30.2 Å². The summed E-state index contributed by atoms with van der Waals surface area (Å²) in [6, 6.07) is 1.47. The Bertz CT molecular complexity index is 694. The van der Waals surface area contributed by atoms with Crippen LogP contribution in [0.4, 0.5) is 0 Å². The van der Waals surface area contributed by atoms with E-state index in [1.54, 1.807) is 18.7 Å². The fourth-order valence-corrected chi connectivity index (χ4v) is 3.52. The second-order valence-corrected chi connectivity index (χ2v) is 6.52. The van der Waals surface area contributed by atoms with E-state index in [2.05, 4.69) is 36.2 Å². The van der Waals surface area contributed by atoms with Crippen molar-refractivity contribution in [2.24, 2.45) is 7.05 Å². The Balaban J connectivity index is 2.16. The van der Waals surface area contributed by atoms with Crippen molar-refractivity contribution in [2.45, 2.75) is 18.0 Å². The van der Waals surface area contributed by atoms with E-state index in [1.807, 2.05) is 0 Å². The van der Waals surface area contributed by atoms with Crippen molar-refractivity contribution < 1.29 is 12.8 Å². The molecule has 10 heteroatoms. The van der Waals surface area contributed by atoms with Gasteiger partial charge < -0.3 is 14.3 Å². The standard InChI is InChI=1S/C10H14BrN5O3S/c1-12-4-7-3-8(10(11)19-7)20(17,18)14-5-9-15-13-6-16(9)2/h3,6,12,14H,4-5H2,1-2H3. The smallest absolute Gasteiger partial charge is 0.245 e. The topological polar surface area (TPSA) is 102 Å². The maximum atomic E-state index is 12.2. The zero-order valence-electron chi connectivity index (χ0n) is 10.9. The fourth-order valence-electron chi connectivity index (χ4n) is 1.55. The van der Waals surface area contributed by atoms with Crippen molar-refractivity contribution in [1.82, 2.24) is 24.8 Å². The molecule has 0 radical (unpaired) electrons. The summed E-state index contributed by atoms with van der Waals surface area (Å²) in [5.41, 5.74) is 0. The number of aryl methyl sites for hydroxylation is 1. The molecular formula is C10H14BrN5O3S. The molecule has 0 aliphatic carbocycles. The molecule has 2 N–H and O–H groups in total. The maximum Gasteiger partial charge on any atom is 0.245 e. The Morgan fingerprint density at radius 3 is 2.80 bits per heavy atom. The Kier molecular flexibility index (Phi) is 4.58. The molecule has 0 saturated carbocycles. The molecule has 2 aromatic rings. The SMILES string of the molecule is CNCc1cc(S(=O)(=O)NCc2nncn2C)c(Br)o1. The molecule has 0 aliphatic rings. The quantitative estimate of drug-likeness (QED) is 0.768. The number of hydrogen-bond donors (Lipinski definition) is 2. The molecule has 0 saturated heterocycles. The summed E-state index contributed by atoms with van der Waals surface area (Å²) in [4.78, 5) is 0.0601. The molecular weight excluding hydrogens is 350 g/mol. The van der Waals surface area contributed by atoms with Crippen LogP contribution in [0.5, 0.6) is 0 Å². The van der Waals surface area contributed by atoms with Gasteiger partial charge in [0.2, 0.25) is 10.0 Å². The monoisotopic (exact) mass is 363 g/mol. The molecule has 0 bridgehead atoms. The summed E-state index contributed by atoms with van der Waals surface area (Å²) < 4.78 is 34.0. The number of furan rings is 1. The van der Waals surface area contributed by atoms with Crippen molar-refractivity contribution >= 4 is 26.0 Å². The highest BCUT2D eigenvalue weighted by Gasteiger charge is 2.22. The van der Waals surface area contributed by atoms with E-state index >= 15 is 0 Å². The normalized spacial score (nSPS) is 11.9. The summed E-state index contributed by atoms with van der Waals surface area (Å²) in [5.74, 6) is 1.04. The van der Waals surface area contributed by atoms with Gasteiger partial charge in [0.1, 0.15) is 22.8 Å². The van der Waals surface area contributed by atoms with Crippen LogP contribution < -0.4 is 10.0 Å². The highest BCUT2D eigenvalue weighted by atomic mass is 79.9. The second-order valence-electron chi connectivity index (χ2n) is 4.06. The van der Waals surface area contributed by atoms with Gasteiger partial charge in [-0.05, 0) is 23.0 Å². The fraction of sp³-hybridized carbons (Fsp3) is 0.400. The van der Waals surface area contributed by atoms with Crippen LogP contribution in [0, 0.1) is 0 Å². The van der Waals surface area contributed by atoms with Gasteiger partial charge in [0.15, 0.2) is 4.67 Å². The molecule has 0 unspecified atom stereocenters. The number of aromatic nitrogens is 3. The van der Waals surface area contributed by atoms with Gasteiger partial charge in [-0.25, -0.2) is 13.1 Å². The first-order valence-electron chi connectivity index (χ1n) is 5.69. The molecule has 2 rings (SSSR count). The summed E-state index contributed by atoms with van der Waals surface area (Å²) in [6.45, 7) is 0.495. The molecule has 0 aromatic carbocycles. The van der Waals surface area contributed by atoms with Crippen molar-refractivity contribution in [3.05, 3.63) is 28.6 Å². The zero-order valence-corrected chi connectivity index (χ0v) is 13.3. The van der Waals surface area contributed by atoms with Crippen LogP contribution in [0.1, 0.15) is 11.6 Å². The summed E-state index contributed by atoms with van der Waals surface area (Å²) in [7, 11) is -0.195. The third-order valence-electron chi connectivity index (χ3n) is 2.57. The third kappa shape index (κ3) is 3.26. The molecule has 0 fully saturated rings. The molecule has 0 amide bonds. The maximum absolute atomic E-state index is 12.2. The summed E-state index contributed by atoms with van der Waals surface area (Å²) in [5, 5.41) is 10.4. The highest BCUT2D eigenvalue weighted by Crippen LogP contribution is 2.26. The van der Waals surface area contributed by atoms with Crippen LogP contribution in [0.3, 0.4) is 0 Å². The first kappa shape index (κ1) is 15.2. The minimum atomic E-state index is -3.68. The predicted octanol–water partition coefficient (Wildman–Crippen LogP) is 0.368. The van der Waals surface area contributed by atoms with Crippen molar-refractivity contribution in [3.63, 3.8) is 0 Å². The Hall–Kier alpha value is -1.23. The van der Waals surface area contributed by atoms with Gasteiger partial charge in [0, 0.05) is 13.1 Å². The van der Waals surface area contributed by atoms with Gasteiger partial charge in [0.25, 0.3) is 0 Å². The lowest BCUT2D eigenvalue weighted by Crippen LogP contribution is -2.24. The average molecular weight is 364 g/mol. The van der Waals surface area contributed by atoms with Crippen LogP contribution in [0.2, 0.25) is 0 Å². The molecule has 0 aliphatic heterocycles. The van der Waals surface area contributed by atoms with E-state index in [-0.39, 0.29) is 16.1 Å². The minimum Gasteiger partial charge on any atom is -0.452 e. The van der Waals surface area contributed by atoms with E-state index in [0.29, 0.717) is 18.1 Å². The van der Waals surface area contributed by atoms with Gasteiger partial charge in [-0.15, -0.1) is 10.2 Å². The average Bonchev–Trinajstić information content (AvgIpc) is 2.94. The predicted molar refractivity (Wildman–Crippen MR) is 74.2 cm³/mol. The van der Waals surface area contributed by atoms with Crippen LogP contribution in [-0.2, 0) is 30.2 Å². The number of hydrogen-bond acceptors (Lipinski definition) is 6. The number of nitrogens with zero attached hydrogens (tertiary/aromatic N) is 3. The van der Waals surface area contributed by atoms with E-state index < -0.39 is 10.0 Å². The first-order valence-corrected chi connectivity index (χ1v) is 7.97. The zero-order chi connectivity index (χ0) is 14.8. The molecule has 110 valence electrons. The highest BCUT2D eigenvalue weighted by molar-refractivity contribution is 9.10. The number of halogens is 1. The van der Waals surface area contributed by atoms with E-state index in [9.17, 15) is 8.42 Å². The van der Waals surface area contributed by atoms with Crippen molar-refractivity contribution in [2.75, 3.05) is 7.05 Å². The lowest BCUT2D eigenvalue weighted by atomic mass is 10.4. The summed E-state index contributed by atoms with van der Waals surface area (Å²) >= 11 is 3.11. The Labute approximate surface area is 124 Å². The van der Waals surface area contributed by atoms with Crippen molar-refractivity contribution in [1.29, 1.82) is 0 Å². The molecule has 0 spiro atoms. The van der Waals surface area contributed by atoms with Crippen molar-refractivity contribution in [3.8, 4) is 0 Å². The van der Waals surface area contributed by atoms with Gasteiger partial charge in [0.05, 0.1) is 13.1 Å². The summed E-state index contributed by atoms with van der Waals surface area (Å²) in [6.07, 6.45) is 1.50. The number of sulfonamides is 1. The Morgan fingerprint density at radius 2 is 2.20 bits per heavy atom. The third-order valence-corrected chi connectivity index (χ3v) is 4.83. The lowest BCUT2D eigenvalue weighted by Gasteiger charge is -2.04.